The van der Waals surface area contributed by atoms with Crippen LogP contribution in [0, 0.1) is 0 Å². The van der Waals surface area contributed by atoms with Gasteiger partial charge < -0.3 is 15.2 Å². The molecule has 0 aliphatic heterocycles. The topological polar surface area (TPSA) is 92.7 Å². The number of hydrogen-bond donors (Lipinski definition) is 2. The van der Waals surface area contributed by atoms with Crippen LogP contribution in [-0.2, 0) is 19.1 Å². The summed E-state index contributed by atoms with van der Waals surface area (Å²) >= 11 is 0. The first-order valence-corrected chi connectivity index (χ1v) is 20.3. The van der Waals surface area contributed by atoms with Crippen LogP contribution >= 0.6 is 0 Å². The molecule has 49 heavy (non-hydrogen) atoms. The van der Waals surface area contributed by atoms with E-state index in [9.17, 15) is 14.4 Å². The van der Waals surface area contributed by atoms with Crippen LogP contribution in [0.4, 0.5) is 0 Å². The summed E-state index contributed by atoms with van der Waals surface area (Å²) in [6.45, 7) is 4.13. The normalized spacial score (nSPS) is 12.5. The Labute approximate surface area is 301 Å². The van der Waals surface area contributed by atoms with Crippen LogP contribution in [0.5, 0.6) is 0 Å². The number of amides is 1. The van der Waals surface area contributed by atoms with Crippen LogP contribution in [0.3, 0.4) is 0 Å². The molecule has 0 aliphatic carbocycles. The van der Waals surface area contributed by atoms with Crippen LogP contribution in [-0.4, -0.2) is 35.6 Å². The number of ether oxygens (including phenoxy) is 1. The highest BCUT2D eigenvalue weighted by Gasteiger charge is 2.12. The van der Waals surface area contributed by atoms with Gasteiger partial charge in [0.1, 0.15) is 12.6 Å². The van der Waals surface area contributed by atoms with E-state index in [0.717, 1.165) is 70.6 Å². The third-order valence-corrected chi connectivity index (χ3v) is 8.71. The lowest BCUT2D eigenvalue weighted by Crippen LogP contribution is -2.28. The molecular weight excluding hydrogens is 610 g/mol. The number of aliphatic carboxylic acids is 1. The van der Waals surface area contributed by atoms with Crippen LogP contribution in [0.2, 0.25) is 0 Å². The number of esters is 1. The lowest BCUT2D eigenvalue weighted by atomic mass is 10.1. The lowest BCUT2D eigenvalue weighted by molar-refractivity contribution is -0.147. The Morgan fingerprint density at radius 3 is 1.59 bits per heavy atom. The maximum absolute atomic E-state index is 12.6. The third kappa shape index (κ3) is 38.0. The maximum Gasteiger partial charge on any atom is 0.322 e. The van der Waals surface area contributed by atoms with Gasteiger partial charge in [-0.05, 0) is 83.1 Å². The van der Waals surface area contributed by atoms with E-state index in [1.54, 1.807) is 0 Å². The van der Waals surface area contributed by atoms with E-state index in [2.05, 4.69) is 67.8 Å². The van der Waals surface area contributed by atoms with Crippen LogP contribution in [0.1, 0.15) is 194 Å². The molecular formula is C43H75NO5. The first-order chi connectivity index (χ1) is 24.0. The fourth-order valence-electron chi connectivity index (χ4n) is 5.67. The highest BCUT2D eigenvalue weighted by atomic mass is 16.5. The highest BCUT2D eigenvalue weighted by Crippen LogP contribution is 2.15. The Morgan fingerprint density at radius 2 is 1.00 bits per heavy atom. The maximum atomic E-state index is 12.6. The van der Waals surface area contributed by atoms with Crippen molar-refractivity contribution in [1.29, 1.82) is 0 Å². The molecule has 1 amide bonds. The van der Waals surface area contributed by atoms with Gasteiger partial charge in [0.25, 0.3) is 0 Å². The van der Waals surface area contributed by atoms with E-state index in [4.69, 9.17) is 9.84 Å². The van der Waals surface area contributed by atoms with Gasteiger partial charge >= 0.3 is 11.9 Å². The molecule has 6 heteroatoms. The molecule has 0 bridgehead atoms. The fraction of sp³-hybridized carbons (Fsp3) is 0.744. The zero-order valence-electron chi connectivity index (χ0n) is 31.8. The van der Waals surface area contributed by atoms with Crippen molar-refractivity contribution in [3.05, 3.63) is 48.6 Å². The zero-order chi connectivity index (χ0) is 35.9. The molecule has 0 fully saturated rings. The standard InChI is InChI=1S/C43H75NO5/c1-3-5-7-9-10-11-12-13-14-15-16-17-18-19-20-21-22-23-24-25-26-28-34-38-43(48)49-40(35-31-27-8-6-4-2)36-32-29-30-33-37-41(45)44-39-42(46)47/h12-13,15-16,18-19,31,35,40H,3-11,14,17,20-30,32-34,36-39H2,1-2H3,(H,44,45)(H,46,47)/b13-12-,16-15-,19-18-,35-31-. The van der Waals surface area contributed by atoms with Gasteiger partial charge in [-0.1, -0.05) is 146 Å². The molecule has 0 aromatic heterocycles. The molecule has 0 saturated heterocycles. The van der Waals surface area contributed by atoms with Crippen molar-refractivity contribution in [2.75, 3.05) is 6.54 Å². The van der Waals surface area contributed by atoms with Crippen LogP contribution in [0.15, 0.2) is 48.6 Å². The number of allylic oxidation sites excluding steroid dienone is 7. The molecule has 0 heterocycles. The van der Waals surface area contributed by atoms with Crippen molar-refractivity contribution in [3.63, 3.8) is 0 Å². The van der Waals surface area contributed by atoms with Crippen molar-refractivity contribution in [3.8, 4) is 0 Å². The number of nitrogens with one attached hydrogen (secondary N) is 1. The van der Waals surface area contributed by atoms with E-state index >= 15 is 0 Å². The minimum atomic E-state index is -1.03. The Kier molecular flexibility index (Phi) is 36.1. The molecule has 0 aromatic carbocycles. The molecule has 0 saturated carbocycles. The predicted molar refractivity (Wildman–Crippen MR) is 208 cm³/mol. The molecule has 2 N–H and O–H groups in total. The average Bonchev–Trinajstić information content (AvgIpc) is 3.08. The van der Waals surface area contributed by atoms with Gasteiger partial charge in [0, 0.05) is 12.8 Å². The van der Waals surface area contributed by atoms with E-state index in [-0.39, 0.29) is 24.5 Å². The first kappa shape index (κ1) is 46.4. The van der Waals surface area contributed by atoms with Gasteiger partial charge in [-0.25, -0.2) is 0 Å². The molecule has 0 spiro atoms. The fourth-order valence-corrected chi connectivity index (χ4v) is 5.67. The third-order valence-electron chi connectivity index (χ3n) is 8.71. The zero-order valence-corrected chi connectivity index (χ0v) is 31.8. The second-order valence-electron chi connectivity index (χ2n) is 13.5. The molecule has 0 radical (unpaired) electrons. The minimum Gasteiger partial charge on any atom is -0.480 e. The van der Waals surface area contributed by atoms with Gasteiger partial charge in [0.2, 0.25) is 5.91 Å². The number of carbonyl (C=O) groups excluding carboxylic acids is 2. The first-order valence-electron chi connectivity index (χ1n) is 20.3. The molecule has 0 rings (SSSR count). The monoisotopic (exact) mass is 686 g/mol. The number of rotatable bonds is 36. The van der Waals surface area contributed by atoms with E-state index < -0.39 is 5.97 Å². The molecule has 1 unspecified atom stereocenters. The van der Waals surface area contributed by atoms with Crippen molar-refractivity contribution < 1.29 is 24.2 Å². The second kappa shape index (κ2) is 38.2. The smallest absolute Gasteiger partial charge is 0.322 e. The largest absolute Gasteiger partial charge is 0.480 e. The summed E-state index contributed by atoms with van der Waals surface area (Å²) in [5, 5.41) is 11.0. The summed E-state index contributed by atoms with van der Waals surface area (Å²) in [6, 6.07) is 0. The summed E-state index contributed by atoms with van der Waals surface area (Å²) in [4.78, 5) is 34.8. The highest BCUT2D eigenvalue weighted by molar-refractivity contribution is 5.80. The summed E-state index contributed by atoms with van der Waals surface area (Å²) in [7, 11) is 0. The Hall–Kier alpha value is -2.63. The van der Waals surface area contributed by atoms with E-state index in [1.807, 2.05) is 0 Å². The summed E-state index contributed by atoms with van der Waals surface area (Å²) < 4.78 is 5.85. The molecule has 6 nitrogen and oxygen atoms in total. The van der Waals surface area contributed by atoms with Crippen LogP contribution < -0.4 is 5.32 Å². The predicted octanol–water partition coefficient (Wildman–Crippen LogP) is 12.3. The summed E-state index contributed by atoms with van der Waals surface area (Å²) in [6.07, 6.45) is 48.4. The van der Waals surface area contributed by atoms with Crippen molar-refractivity contribution in [1.82, 2.24) is 5.32 Å². The van der Waals surface area contributed by atoms with Gasteiger partial charge in [-0.15, -0.1) is 0 Å². The quantitative estimate of drug-likeness (QED) is 0.0389. The number of carboxylic acids is 1. The lowest BCUT2D eigenvalue weighted by Gasteiger charge is -2.15. The van der Waals surface area contributed by atoms with E-state index in [1.165, 1.54) is 96.3 Å². The average molecular weight is 686 g/mol. The van der Waals surface area contributed by atoms with Crippen molar-refractivity contribution in [2.45, 2.75) is 200 Å². The van der Waals surface area contributed by atoms with E-state index in [0.29, 0.717) is 12.8 Å². The molecule has 1 atom stereocenters. The van der Waals surface area contributed by atoms with Crippen LogP contribution in [0.25, 0.3) is 0 Å². The Balaban J connectivity index is 3.89. The van der Waals surface area contributed by atoms with Crippen molar-refractivity contribution >= 4 is 17.8 Å². The summed E-state index contributed by atoms with van der Waals surface area (Å²) in [5.41, 5.74) is 0. The van der Waals surface area contributed by atoms with Gasteiger partial charge in [-0.3, -0.25) is 14.4 Å². The molecule has 282 valence electrons. The van der Waals surface area contributed by atoms with Gasteiger partial charge in [0.15, 0.2) is 0 Å². The minimum absolute atomic E-state index is 0.0952. The molecule has 0 aliphatic rings. The second-order valence-corrected chi connectivity index (χ2v) is 13.5. The number of carboxylic acid groups (broad SMARTS) is 1. The number of hydrogen-bond acceptors (Lipinski definition) is 4. The molecule has 0 aromatic rings. The van der Waals surface area contributed by atoms with Gasteiger partial charge in [0.05, 0.1) is 0 Å². The Bertz CT molecular complexity index is 891. The van der Waals surface area contributed by atoms with Gasteiger partial charge in [-0.2, -0.15) is 0 Å². The van der Waals surface area contributed by atoms with Crippen molar-refractivity contribution in [2.24, 2.45) is 0 Å². The Morgan fingerprint density at radius 1 is 0.551 bits per heavy atom. The summed E-state index contributed by atoms with van der Waals surface area (Å²) in [5.74, 6) is -1.34. The number of carbonyl (C=O) groups is 3. The SMILES string of the molecule is CCCCC/C=C\C(CCCCCCC(=O)NCC(=O)O)OC(=O)CCCCCCCCCC/C=C\C/C=C\C/C=C\CCCCCCC. The number of unbranched alkanes of at least 4 members (excludes halogenated alkanes) is 19.